The van der Waals surface area contributed by atoms with Gasteiger partial charge in [-0.25, -0.2) is 4.98 Å². The summed E-state index contributed by atoms with van der Waals surface area (Å²) in [7, 11) is 1.66. The summed E-state index contributed by atoms with van der Waals surface area (Å²) >= 11 is 1.32. The summed E-state index contributed by atoms with van der Waals surface area (Å²) in [5.74, 6) is 1.50. The predicted octanol–water partition coefficient (Wildman–Crippen LogP) is 1.84. The molecule has 0 aliphatic rings. The van der Waals surface area contributed by atoms with Crippen molar-refractivity contribution in [1.82, 2.24) is 9.36 Å². The number of aromatic nitrogens is 2. The van der Waals surface area contributed by atoms with Crippen molar-refractivity contribution in [3.8, 4) is 5.75 Å². The largest absolute Gasteiger partial charge is 0.491 e. The number of aliphatic hydroxyl groups excluding tert-OH is 1. The van der Waals surface area contributed by atoms with Crippen molar-refractivity contribution in [3.05, 3.63) is 30.1 Å². The highest BCUT2D eigenvalue weighted by atomic mass is 32.1. The number of ether oxygens (including phenoxy) is 2. The lowest BCUT2D eigenvalue weighted by atomic mass is 10.3. The van der Waals surface area contributed by atoms with Gasteiger partial charge in [0.15, 0.2) is 0 Å². The Balaban J connectivity index is 1.90. The highest BCUT2D eigenvalue weighted by Gasteiger charge is 2.04. The summed E-state index contributed by atoms with van der Waals surface area (Å²) in [6, 6.07) is 7.46. The van der Waals surface area contributed by atoms with Crippen LogP contribution in [0, 0.1) is 0 Å². The zero-order chi connectivity index (χ0) is 14.2. The monoisotopic (exact) mass is 295 g/mol. The first-order valence-electron chi connectivity index (χ1n) is 6.24. The van der Waals surface area contributed by atoms with E-state index in [1.165, 1.54) is 11.5 Å². The summed E-state index contributed by atoms with van der Waals surface area (Å²) in [5.41, 5.74) is 0.913. The Morgan fingerprint density at radius 1 is 1.25 bits per heavy atom. The van der Waals surface area contributed by atoms with Crippen LogP contribution in [0.2, 0.25) is 0 Å². The van der Waals surface area contributed by atoms with Crippen molar-refractivity contribution in [2.24, 2.45) is 0 Å². The van der Waals surface area contributed by atoms with E-state index in [1.54, 1.807) is 7.11 Å². The smallest absolute Gasteiger partial charge is 0.207 e. The molecule has 2 N–H and O–H groups in total. The molecule has 1 heterocycles. The van der Waals surface area contributed by atoms with Crippen molar-refractivity contribution >= 4 is 22.4 Å². The molecule has 0 unspecified atom stereocenters. The molecule has 0 saturated carbocycles. The summed E-state index contributed by atoms with van der Waals surface area (Å²) in [5, 5.41) is 12.6. The molecule has 0 bridgehead atoms. The van der Waals surface area contributed by atoms with Crippen LogP contribution < -0.4 is 10.1 Å². The molecular formula is C13H17N3O3S. The third kappa shape index (κ3) is 4.44. The van der Waals surface area contributed by atoms with Gasteiger partial charge in [0.2, 0.25) is 5.13 Å². The minimum Gasteiger partial charge on any atom is -0.491 e. The molecule has 2 rings (SSSR count). The second kappa shape index (κ2) is 7.78. The second-order valence-electron chi connectivity index (χ2n) is 3.98. The fourth-order valence-corrected chi connectivity index (χ4v) is 2.15. The fraction of sp³-hybridized carbons (Fsp3) is 0.385. The van der Waals surface area contributed by atoms with Crippen LogP contribution in [0.4, 0.5) is 10.8 Å². The van der Waals surface area contributed by atoms with Gasteiger partial charge in [-0.2, -0.15) is 4.37 Å². The minimum atomic E-state index is 0.00897. The number of nitrogens with zero attached hydrogens (tertiary/aromatic N) is 2. The summed E-state index contributed by atoms with van der Waals surface area (Å²) in [6.07, 6.45) is 0.711. The molecule has 0 amide bonds. The average Bonchev–Trinajstić information content (AvgIpc) is 2.92. The van der Waals surface area contributed by atoms with Crippen LogP contribution in [-0.2, 0) is 11.2 Å². The Bertz CT molecular complexity index is 516. The third-order valence-electron chi connectivity index (χ3n) is 2.46. The maximum Gasteiger partial charge on any atom is 0.207 e. The number of aliphatic hydroxyl groups is 1. The molecule has 0 aliphatic heterocycles. The lowest BCUT2D eigenvalue weighted by molar-refractivity contribution is 0.201. The Morgan fingerprint density at radius 2 is 2.05 bits per heavy atom. The maximum atomic E-state index is 8.68. The van der Waals surface area contributed by atoms with E-state index in [1.807, 2.05) is 24.3 Å². The van der Waals surface area contributed by atoms with Crippen molar-refractivity contribution in [3.63, 3.8) is 0 Å². The molecule has 0 radical (unpaired) electrons. The van der Waals surface area contributed by atoms with Crippen LogP contribution >= 0.6 is 11.5 Å². The molecule has 2 aromatic rings. The Hall–Kier alpha value is -1.70. The highest BCUT2D eigenvalue weighted by Crippen LogP contribution is 2.21. The SMILES string of the molecule is COCCc1nsc(Nc2ccc(OCCO)cc2)n1. The van der Waals surface area contributed by atoms with Crippen LogP contribution in [0.15, 0.2) is 24.3 Å². The predicted molar refractivity (Wildman–Crippen MR) is 77.8 cm³/mol. The maximum absolute atomic E-state index is 8.68. The van der Waals surface area contributed by atoms with Gasteiger partial charge in [-0.15, -0.1) is 0 Å². The molecule has 0 saturated heterocycles. The first kappa shape index (κ1) is 14.7. The van der Waals surface area contributed by atoms with Crippen LogP contribution in [0.1, 0.15) is 5.82 Å². The number of benzene rings is 1. The standard InChI is InChI=1S/C13H17N3O3S/c1-18-8-6-12-15-13(20-16-12)14-10-2-4-11(5-3-10)19-9-7-17/h2-5,17H,6-9H2,1H3,(H,14,15,16). The van der Waals surface area contributed by atoms with E-state index < -0.39 is 0 Å². The fourth-order valence-electron chi connectivity index (χ4n) is 1.52. The van der Waals surface area contributed by atoms with Crippen molar-refractivity contribution < 1.29 is 14.6 Å². The second-order valence-corrected chi connectivity index (χ2v) is 4.73. The first-order valence-corrected chi connectivity index (χ1v) is 7.01. The minimum absolute atomic E-state index is 0.00897. The molecule has 0 spiro atoms. The van der Waals surface area contributed by atoms with Crippen molar-refractivity contribution in [1.29, 1.82) is 0 Å². The third-order valence-corrected chi connectivity index (χ3v) is 3.13. The lowest BCUT2D eigenvalue weighted by Gasteiger charge is -2.05. The van der Waals surface area contributed by atoms with Gasteiger partial charge in [0.1, 0.15) is 18.2 Å². The molecule has 0 atom stereocenters. The van der Waals surface area contributed by atoms with Gasteiger partial charge in [-0.1, -0.05) is 0 Å². The van der Waals surface area contributed by atoms with Gasteiger partial charge in [0.05, 0.1) is 13.2 Å². The van der Waals surface area contributed by atoms with Gasteiger partial charge >= 0.3 is 0 Å². The molecule has 1 aromatic carbocycles. The molecule has 108 valence electrons. The zero-order valence-electron chi connectivity index (χ0n) is 11.2. The molecule has 7 heteroatoms. The lowest BCUT2D eigenvalue weighted by Crippen LogP contribution is -2.01. The Morgan fingerprint density at radius 3 is 2.75 bits per heavy atom. The summed E-state index contributed by atoms with van der Waals surface area (Å²) in [4.78, 5) is 4.37. The van der Waals surface area contributed by atoms with Crippen LogP contribution in [0.25, 0.3) is 0 Å². The topological polar surface area (TPSA) is 76.5 Å². The zero-order valence-corrected chi connectivity index (χ0v) is 12.0. The molecule has 0 aliphatic carbocycles. The summed E-state index contributed by atoms with van der Waals surface area (Å²) < 4.78 is 14.5. The average molecular weight is 295 g/mol. The molecule has 0 fully saturated rings. The van der Waals surface area contributed by atoms with Crippen LogP contribution in [0.3, 0.4) is 0 Å². The Labute approximate surface area is 121 Å². The van der Waals surface area contributed by atoms with E-state index in [4.69, 9.17) is 14.6 Å². The van der Waals surface area contributed by atoms with E-state index in [-0.39, 0.29) is 6.61 Å². The summed E-state index contributed by atoms with van der Waals surface area (Å²) in [6.45, 7) is 0.925. The van der Waals surface area contributed by atoms with Crippen molar-refractivity contribution in [2.75, 3.05) is 32.2 Å². The van der Waals surface area contributed by atoms with E-state index >= 15 is 0 Å². The number of hydrogen-bond acceptors (Lipinski definition) is 7. The number of nitrogens with one attached hydrogen (secondary N) is 1. The van der Waals surface area contributed by atoms with Crippen LogP contribution in [-0.4, -0.2) is 41.4 Å². The van der Waals surface area contributed by atoms with E-state index in [0.29, 0.717) is 19.6 Å². The number of rotatable bonds is 8. The molecule has 20 heavy (non-hydrogen) atoms. The van der Waals surface area contributed by atoms with E-state index in [2.05, 4.69) is 14.7 Å². The molecule has 1 aromatic heterocycles. The highest BCUT2D eigenvalue weighted by molar-refractivity contribution is 7.09. The first-order chi connectivity index (χ1) is 9.81. The molecular weight excluding hydrogens is 278 g/mol. The van der Waals surface area contributed by atoms with Gasteiger partial charge in [0, 0.05) is 30.8 Å². The quantitative estimate of drug-likeness (QED) is 0.774. The molecule has 6 nitrogen and oxygen atoms in total. The van der Waals surface area contributed by atoms with Crippen LogP contribution in [0.5, 0.6) is 5.75 Å². The van der Waals surface area contributed by atoms with Gasteiger partial charge in [-0.05, 0) is 24.3 Å². The number of methoxy groups -OCH3 is 1. The van der Waals surface area contributed by atoms with Gasteiger partial charge < -0.3 is 19.9 Å². The Kier molecular flexibility index (Phi) is 5.72. The van der Waals surface area contributed by atoms with Crippen molar-refractivity contribution in [2.45, 2.75) is 6.42 Å². The van der Waals surface area contributed by atoms with E-state index in [0.717, 1.165) is 22.4 Å². The van der Waals surface area contributed by atoms with Gasteiger partial charge in [-0.3, -0.25) is 0 Å². The number of hydrogen-bond donors (Lipinski definition) is 2. The van der Waals surface area contributed by atoms with Gasteiger partial charge in [0.25, 0.3) is 0 Å². The normalized spacial score (nSPS) is 10.5. The van der Waals surface area contributed by atoms with E-state index in [9.17, 15) is 0 Å². The number of anilines is 2.